The fourth-order valence-electron chi connectivity index (χ4n) is 8.47. The number of nitrogens with zero attached hydrogens (tertiary/aromatic N) is 3. The van der Waals surface area contributed by atoms with Crippen LogP contribution in [0.3, 0.4) is 0 Å². The molecular weight excluding hydrogens is 695 g/mol. The van der Waals surface area contributed by atoms with Crippen molar-refractivity contribution in [2.45, 2.75) is 0 Å². The molecule has 0 saturated heterocycles. The van der Waals surface area contributed by atoms with Crippen LogP contribution in [-0.4, -0.2) is 20.1 Å². The van der Waals surface area contributed by atoms with Crippen molar-refractivity contribution in [1.29, 1.82) is 0 Å². The van der Waals surface area contributed by atoms with E-state index in [0.29, 0.717) is 28.6 Å². The van der Waals surface area contributed by atoms with E-state index in [1.807, 2.05) is 36.4 Å². The molecule has 0 saturated carbocycles. The molecule has 0 fully saturated rings. The molecule has 0 aliphatic heterocycles. The number of phenols is 1. The Labute approximate surface area is 329 Å². The minimum atomic E-state index is 0.149. The number of hydrogen-bond acceptors (Lipinski definition) is 4. The predicted molar refractivity (Wildman–Crippen MR) is 236 cm³/mol. The van der Waals surface area contributed by atoms with Crippen LogP contribution in [0.2, 0.25) is 0 Å². The van der Waals surface area contributed by atoms with Gasteiger partial charge in [0.15, 0.2) is 17.5 Å². The summed E-state index contributed by atoms with van der Waals surface area (Å²) in [6.45, 7) is 0. The van der Waals surface area contributed by atoms with Crippen molar-refractivity contribution in [1.82, 2.24) is 15.0 Å². The Kier molecular flexibility index (Phi) is 7.61. The van der Waals surface area contributed by atoms with Gasteiger partial charge in [0.05, 0.1) is 0 Å². The van der Waals surface area contributed by atoms with Crippen LogP contribution in [0, 0.1) is 0 Å². The van der Waals surface area contributed by atoms with Gasteiger partial charge in [-0.2, -0.15) is 0 Å². The Morgan fingerprint density at radius 3 is 1.44 bits per heavy atom. The zero-order valence-corrected chi connectivity index (χ0v) is 30.8. The van der Waals surface area contributed by atoms with Crippen LogP contribution < -0.4 is 0 Å². The summed E-state index contributed by atoms with van der Waals surface area (Å²) in [7, 11) is 0. The minimum Gasteiger partial charge on any atom is -0.507 e. The molecule has 4 heteroatoms. The van der Waals surface area contributed by atoms with Crippen molar-refractivity contribution < 1.29 is 5.11 Å². The van der Waals surface area contributed by atoms with Gasteiger partial charge >= 0.3 is 0 Å². The van der Waals surface area contributed by atoms with E-state index in [-0.39, 0.29) is 5.75 Å². The van der Waals surface area contributed by atoms with Crippen LogP contribution in [0.5, 0.6) is 5.75 Å². The second-order valence-electron chi connectivity index (χ2n) is 14.5. The number of fused-ring (bicyclic) bond motifs is 7. The molecule has 0 amide bonds. The van der Waals surface area contributed by atoms with Crippen LogP contribution in [-0.2, 0) is 0 Å². The smallest absolute Gasteiger partial charge is 0.164 e. The highest BCUT2D eigenvalue weighted by Crippen LogP contribution is 2.45. The first kappa shape index (κ1) is 32.7. The first-order chi connectivity index (χ1) is 28.2. The van der Waals surface area contributed by atoms with Gasteiger partial charge in [0.25, 0.3) is 0 Å². The Morgan fingerprint density at radius 1 is 0.281 bits per heavy atom. The van der Waals surface area contributed by atoms with Gasteiger partial charge in [-0.3, -0.25) is 0 Å². The lowest BCUT2D eigenvalue weighted by atomic mass is 9.89. The van der Waals surface area contributed by atoms with E-state index in [0.717, 1.165) is 70.9 Å². The number of phenolic OH excluding ortho intramolecular Hbond substituents is 1. The summed E-state index contributed by atoms with van der Waals surface area (Å²) in [5.41, 5.74) is 5.92. The molecule has 0 aliphatic carbocycles. The lowest BCUT2D eigenvalue weighted by molar-refractivity contribution is 0.478. The molecule has 1 aromatic heterocycles. The molecule has 0 atom stereocenters. The molecule has 0 radical (unpaired) electrons. The van der Waals surface area contributed by atoms with Gasteiger partial charge < -0.3 is 5.11 Å². The van der Waals surface area contributed by atoms with Crippen molar-refractivity contribution >= 4 is 53.9 Å². The molecular formula is C53H33N3O. The topological polar surface area (TPSA) is 58.9 Å². The molecule has 11 aromatic rings. The second-order valence-corrected chi connectivity index (χ2v) is 14.5. The molecule has 1 N–H and O–H groups in total. The van der Waals surface area contributed by atoms with E-state index in [9.17, 15) is 5.11 Å². The Hall–Kier alpha value is -7.69. The van der Waals surface area contributed by atoms with Crippen LogP contribution in [0.25, 0.3) is 110 Å². The maximum absolute atomic E-state index is 12.2. The summed E-state index contributed by atoms with van der Waals surface area (Å²) in [4.78, 5) is 15.9. The Morgan fingerprint density at radius 2 is 0.772 bits per heavy atom. The van der Waals surface area contributed by atoms with Gasteiger partial charge in [-0.25, -0.2) is 15.0 Å². The van der Waals surface area contributed by atoms with E-state index in [1.165, 1.54) is 10.8 Å². The molecule has 57 heavy (non-hydrogen) atoms. The standard InChI is InChI=1S/C53H33N3O/c57-49-32-39(46-29-36-18-6-8-20-40(36)42-22-10-12-24-44(42)46)31-48(50(49)34-15-2-1-3-16-34)53-55-51(38-27-26-33-14-4-5-17-35(33)28-38)54-52(56-53)47-30-37-19-7-9-21-41(37)43-23-11-13-25-45(43)47/h1-32,57H. The summed E-state index contributed by atoms with van der Waals surface area (Å²) in [6, 6.07) is 66.9. The fraction of sp³-hybridized carbons (Fsp3) is 0. The third kappa shape index (κ3) is 5.58. The Bertz CT molecular complexity index is 3370. The highest BCUT2D eigenvalue weighted by molar-refractivity contribution is 6.15. The lowest BCUT2D eigenvalue weighted by Crippen LogP contribution is -2.02. The third-order valence-electron chi connectivity index (χ3n) is 11.2. The van der Waals surface area contributed by atoms with Gasteiger partial charge in [-0.15, -0.1) is 0 Å². The van der Waals surface area contributed by atoms with E-state index in [1.54, 1.807) is 0 Å². The Balaban J connectivity index is 1.23. The van der Waals surface area contributed by atoms with Crippen molar-refractivity contribution in [2.75, 3.05) is 0 Å². The van der Waals surface area contributed by atoms with Crippen LogP contribution >= 0.6 is 0 Å². The van der Waals surface area contributed by atoms with Gasteiger partial charge in [-0.05, 0) is 101 Å². The molecule has 4 nitrogen and oxygen atoms in total. The number of aromatic nitrogens is 3. The van der Waals surface area contributed by atoms with Gasteiger partial charge in [-0.1, -0.05) is 164 Å². The van der Waals surface area contributed by atoms with Crippen LogP contribution in [0.1, 0.15) is 0 Å². The molecule has 0 bridgehead atoms. The van der Waals surface area contributed by atoms with Crippen molar-refractivity contribution in [3.63, 3.8) is 0 Å². The van der Waals surface area contributed by atoms with E-state index in [4.69, 9.17) is 15.0 Å². The maximum Gasteiger partial charge on any atom is 0.164 e. The molecule has 0 aliphatic rings. The average molecular weight is 728 g/mol. The van der Waals surface area contributed by atoms with Gasteiger partial charge in [0.2, 0.25) is 0 Å². The molecule has 1 heterocycles. The summed E-state index contributed by atoms with van der Waals surface area (Å²) >= 11 is 0. The van der Waals surface area contributed by atoms with Gasteiger partial charge in [0.1, 0.15) is 5.75 Å². The van der Waals surface area contributed by atoms with Gasteiger partial charge in [0, 0.05) is 22.3 Å². The molecule has 266 valence electrons. The maximum atomic E-state index is 12.2. The summed E-state index contributed by atoms with van der Waals surface area (Å²) < 4.78 is 0. The lowest BCUT2D eigenvalue weighted by Gasteiger charge is -2.17. The largest absolute Gasteiger partial charge is 0.507 e. The van der Waals surface area contributed by atoms with E-state index in [2.05, 4.69) is 158 Å². The number of hydrogen-bond donors (Lipinski definition) is 1. The zero-order chi connectivity index (χ0) is 37.9. The SMILES string of the molecule is Oc1cc(-c2cc3ccccc3c3ccccc23)cc(-c2nc(-c3ccc4ccccc4c3)nc(-c3cc4ccccc4c4ccccc34)n2)c1-c1ccccc1. The zero-order valence-electron chi connectivity index (χ0n) is 30.8. The minimum absolute atomic E-state index is 0.149. The third-order valence-corrected chi connectivity index (χ3v) is 11.2. The van der Waals surface area contributed by atoms with Crippen LogP contribution in [0.15, 0.2) is 194 Å². The van der Waals surface area contributed by atoms with Crippen molar-refractivity contribution in [3.8, 4) is 62.2 Å². The summed E-state index contributed by atoms with van der Waals surface area (Å²) in [5, 5.41) is 23.5. The van der Waals surface area contributed by atoms with Crippen molar-refractivity contribution in [3.05, 3.63) is 194 Å². The van der Waals surface area contributed by atoms with E-state index >= 15 is 0 Å². The fourth-order valence-corrected chi connectivity index (χ4v) is 8.47. The normalized spacial score (nSPS) is 11.6. The molecule has 0 unspecified atom stereocenters. The highest BCUT2D eigenvalue weighted by Gasteiger charge is 2.22. The van der Waals surface area contributed by atoms with Crippen molar-refractivity contribution in [2.24, 2.45) is 0 Å². The quantitative estimate of drug-likeness (QED) is 0.179. The number of rotatable bonds is 5. The first-order valence-corrected chi connectivity index (χ1v) is 19.2. The summed E-state index contributed by atoms with van der Waals surface area (Å²) in [5.74, 6) is 1.74. The summed E-state index contributed by atoms with van der Waals surface area (Å²) in [6.07, 6.45) is 0. The van der Waals surface area contributed by atoms with Crippen LogP contribution in [0.4, 0.5) is 0 Å². The second kappa shape index (κ2) is 13.3. The first-order valence-electron chi connectivity index (χ1n) is 19.2. The molecule has 11 rings (SSSR count). The average Bonchev–Trinajstić information content (AvgIpc) is 3.28. The molecule has 0 spiro atoms. The number of aromatic hydroxyl groups is 1. The monoisotopic (exact) mass is 727 g/mol. The molecule has 10 aromatic carbocycles. The predicted octanol–water partition coefficient (Wildman–Crippen LogP) is 13.7. The number of benzene rings is 10. The van der Waals surface area contributed by atoms with E-state index < -0.39 is 0 Å². The highest BCUT2D eigenvalue weighted by atomic mass is 16.3.